The Kier molecular flexibility index (Phi) is 3.95. The van der Waals surface area contributed by atoms with Crippen molar-refractivity contribution in [2.45, 2.75) is 32.0 Å². The smallest absolute Gasteiger partial charge is 0.220 e. The molecule has 8 heteroatoms. The summed E-state index contributed by atoms with van der Waals surface area (Å²) >= 11 is 0. The molecule has 0 aliphatic heterocycles. The predicted octanol–water partition coefficient (Wildman–Crippen LogP) is 0.0165. The third-order valence-electron chi connectivity index (χ3n) is 1.80. The van der Waals surface area contributed by atoms with Crippen molar-refractivity contribution < 1.29 is 8.42 Å². The second-order valence-corrected chi connectivity index (χ2v) is 5.77. The zero-order valence-corrected chi connectivity index (χ0v) is 9.98. The van der Waals surface area contributed by atoms with E-state index in [2.05, 4.69) is 15.5 Å². The lowest BCUT2D eigenvalue weighted by molar-refractivity contribution is 0.438. The van der Waals surface area contributed by atoms with Gasteiger partial charge in [-0.15, -0.1) is 0 Å². The largest absolute Gasteiger partial charge is 0.267 e. The number of rotatable bonds is 5. The third-order valence-corrected chi connectivity index (χ3v) is 3.39. The Morgan fingerprint density at radius 1 is 1.50 bits per heavy atom. The van der Waals surface area contributed by atoms with Crippen LogP contribution in [-0.2, 0) is 16.4 Å². The lowest BCUT2D eigenvalue weighted by Crippen LogP contribution is -2.17. The molecule has 7 nitrogen and oxygen atoms in total. The fourth-order valence-corrected chi connectivity index (χ4v) is 2.29. The molecule has 0 fully saturated rings. The number of nitrogens with zero attached hydrogens (tertiary/aromatic N) is 5. The maximum Gasteiger partial charge on any atom is 0.267 e. The fourth-order valence-electron chi connectivity index (χ4n) is 1.15. The van der Waals surface area contributed by atoms with Crippen LogP contribution in [0.15, 0.2) is 5.16 Å². The summed E-state index contributed by atoms with van der Waals surface area (Å²) in [5.74, 6) is -0.00414. The van der Waals surface area contributed by atoms with Gasteiger partial charge in [0.1, 0.15) is 0 Å². The molecule has 0 amide bonds. The van der Waals surface area contributed by atoms with Crippen LogP contribution in [-0.4, -0.2) is 34.4 Å². The van der Waals surface area contributed by atoms with E-state index in [1.165, 1.54) is 4.68 Å². The van der Waals surface area contributed by atoms with Crippen LogP contribution in [0.25, 0.3) is 0 Å². The number of sulfone groups is 1. The van der Waals surface area contributed by atoms with E-state index in [1.807, 2.05) is 13.8 Å². The number of nitriles is 1. The summed E-state index contributed by atoms with van der Waals surface area (Å²) in [6.45, 7) is 4.31. The predicted molar refractivity (Wildman–Crippen MR) is 54.9 cm³/mol. The first kappa shape index (κ1) is 12.6. The molecule has 88 valence electrons. The van der Waals surface area contributed by atoms with E-state index < -0.39 is 9.84 Å². The van der Waals surface area contributed by atoms with E-state index in [-0.39, 0.29) is 23.2 Å². The minimum atomic E-state index is -3.55. The second kappa shape index (κ2) is 5.03. The van der Waals surface area contributed by atoms with Crippen LogP contribution in [0.4, 0.5) is 0 Å². The van der Waals surface area contributed by atoms with E-state index in [1.54, 1.807) is 6.07 Å². The zero-order valence-electron chi connectivity index (χ0n) is 9.16. The normalized spacial score (nSPS) is 11.6. The van der Waals surface area contributed by atoms with Crippen LogP contribution in [0.1, 0.15) is 20.3 Å². The molecule has 0 aromatic carbocycles. The highest BCUT2D eigenvalue weighted by atomic mass is 32.2. The van der Waals surface area contributed by atoms with E-state index >= 15 is 0 Å². The highest BCUT2D eigenvalue weighted by Crippen LogP contribution is 2.09. The number of tetrazole rings is 1. The van der Waals surface area contributed by atoms with Gasteiger partial charge >= 0.3 is 0 Å². The number of hydrogen-bond acceptors (Lipinski definition) is 6. The lowest BCUT2D eigenvalue weighted by atomic mass is 10.2. The Bertz CT molecular complexity index is 485. The molecular weight excluding hydrogens is 230 g/mol. The highest BCUT2D eigenvalue weighted by Gasteiger charge is 2.22. The molecule has 0 aliphatic rings. The summed E-state index contributed by atoms with van der Waals surface area (Å²) in [4.78, 5) is 0. The molecule has 0 bridgehead atoms. The molecule has 0 saturated carbocycles. The fraction of sp³-hybridized carbons (Fsp3) is 0.750. The van der Waals surface area contributed by atoms with Gasteiger partial charge in [-0.05, 0) is 16.3 Å². The molecule has 1 heterocycles. The van der Waals surface area contributed by atoms with Crippen LogP contribution >= 0.6 is 0 Å². The summed E-state index contributed by atoms with van der Waals surface area (Å²) in [7, 11) is -3.55. The topological polar surface area (TPSA) is 102 Å². The first-order valence-electron chi connectivity index (χ1n) is 4.83. The first-order valence-corrected chi connectivity index (χ1v) is 6.48. The maximum absolute atomic E-state index is 11.7. The Hall–Kier alpha value is -1.49. The summed E-state index contributed by atoms with van der Waals surface area (Å²) in [6, 6.07) is 1.79. The minimum Gasteiger partial charge on any atom is -0.220 e. The average molecular weight is 243 g/mol. The third kappa shape index (κ3) is 3.00. The van der Waals surface area contributed by atoms with Crippen molar-refractivity contribution in [1.29, 1.82) is 5.26 Å². The van der Waals surface area contributed by atoms with Gasteiger partial charge in [0, 0.05) is 13.0 Å². The molecule has 0 unspecified atom stereocenters. The van der Waals surface area contributed by atoms with Crippen molar-refractivity contribution >= 4 is 9.84 Å². The SMILES string of the molecule is CC(C)Cn1nnnc1S(=O)(=O)CCC#N. The first-order chi connectivity index (χ1) is 7.47. The monoisotopic (exact) mass is 243 g/mol. The van der Waals surface area contributed by atoms with E-state index in [4.69, 9.17) is 5.26 Å². The van der Waals surface area contributed by atoms with Gasteiger partial charge in [0.25, 0.3) is 5.16 Å². The van der Waals surface area contributed by atoms with Crippen molar-refractivity contribution in [3.8, 4) is 6.07 Å². The molecular formula is C8H13N5O2S. The summed E-state index contributed by atoms with van der Waals surface area (Å²) < 4.78 is 24.7. The average Bonchev–Trinajstić information content (AvgIpc) is 2.62. The van der Waals surface area contributed by atoms with Crippen molar-refractivity contribution in [2.75, 3.05) is 5.75 Å². The van der Waals surface area contributed by atoms with Gasteiger partial charge in [0.05, 0.1) is 11.8 Å². The molecule has 16 heavy (non-hydrogen) atoms. The standard InChI is InChI=1S/C8H13N5O2S/c1-7(2)6-13-8(10-11-12-13)16(14,15)5-3-4-9/h7H,3,5-6H2,1-2H3. The van der Waals surface area contributed by atoms with Crippen LogP contribution in [0.3, 0.4) is 0 Å². The number of aromatic nitrogens is 4. The van der Waals surface area contributed by atoms with Crippen LogP contribution < -0.4 is 0 Å². The van der Waals surface area contributed by atoms with Crippen molar-refractivity contribution in [3.63, 3.8) is 0 Å². The van der Waals surface area contributed by atoms with E-state index in [9.17, 15) is 8.42 Å². The van der Waals surface area contributed by atoms with Crippen molar-refractivity contribution in [2.24, 2.45) is 5.92 Å². The molecule has 0 saturated heterocycles. The molecule has 0 N–H and O–H groups in total. The highest BCUT2D eigenvalue weighted by molar-refractivity contribution is 7.91. The van der Waals surface area contributed by atoms with Gasteiger partial charge in [-0.25, -0.2) is 13.1 Å². The van der Waals surface area contributed by atoms with Gasteiger partial charge in [-0.2, -0.15) is 5.26 Å². The van der Waals surface area contributed by atoms with Gasteiger partial charge in [-0.3, -0.25) is 0 Å². The molecule has 1 rings (SSSR count). The zero-order chi connectivity index (χ0) is 12.2. The summed E-state index contributed by atoms with van der Waals surface area (Å²) in [6.07, 6.45) is -0.0587. The van der Waals surface area contributed by atoms with E-state index in [0.29, 0.717) is 6.54 Å². The van der Waals surface area contributed by atoms with Gasteiger partial charge in [0.15, 0.2) is 0 Å². The van der Waals surface area contributed by atoms with Gasteiger partial charge in [0.2, 0.25) is 9.84 Å². The quantitative estimate of drug-likeness (QED) is 0.722. The lowest BCUT2D eigenvalue weighted by Gasteiger charge is -2.06. The molecule has 0 aliphatic carbocycles. The molecule has 0 atom stereocenters. The van der Waals surface area contributed by atoms with Gasteiger partial charge < -0.3 is 0 Å². The van der Waals surface area contributed by atoms with Crippen LogP contribution in [0.5, 0.6) is 0 Å². The second-order valence-electron chi connectivity index (χ2n) is 3.76. The summed E-state index contributed by atoms with van der Waals surface area (Å²) in [5, 5.41) is 18.7. The Labute approximate surface area is 94.0 Å². The van der Waals surface area contributed by atoms with Gasteiger partial charge in [-0.1, -0.05) is 18.9 Å². The summed E-state index contributed by atoms with van der Waals surface area (Å²) in [5.41, 5.74) is 0. The van der Waals surface area contributed by atoms with E-state index in [0.717, 1.165) is 0 Å². The molecule has 1 aromatic rings. The Balaban J connectivity index is 2.96. The minimum absolute atomic E-state index is 0.0587. The molecule has 1 aromatic heterocycles. The maximum atomic E-state index is 11.7. The Morgan fingerprint density at radius 3 is 2.75 bits per heavy atom. The molecule has 0 spiro atoms. The van der Waals surface area contributed by atoms with Crippen molar-refractivity contribution in [3.05, 3.63) is 0 Å². The Morgan fingerprint density at radius 2 is 2.19 bits per heavy atom. The number of hydrogen-bond donors (Lipinski definition) is 0. The van der Waals surface area contributed by atoms with Crippen molar-refractivity contribution in [1.82, 2.24) is 20.2 Å². The van der Waals surface area contributed by atoms with Crippen LogP contribution in [0.2, 0.25) is 0 Å². The van der Waals surface area contributed by atoms with Crippen LogP contribution in [0, 0.1) is 17.2 Å². The molecule has 0 radical (unpaired) electrons.